The molecule has 2 N–H and O–H groups in total. The van der Waals surface area contributed by atoms with E-state index in [0.29, 0.717) is 12.3 Å². The highest BCUT2D eigenvalue weighted by atomic mass is 16.5. The summed E-state index contributed by atoms with van der Waals surface area (Å²) in [7, 11) is 1.35. The van der Waals surface area contributed by atoms with Gasteiger partial charge in [-0.15, -0.1) is 0 Å². The summed E-state index contributed by atoms with van der Waals surface area (Å²) >= 11 is 0. The molecule has 1 aliphatic rings. The van der Waals surface area contributed by atoms with Crippen LogP contribution in [-0.2, 0) is 14.3 Å². The molecule has 0 bridgehead atoms. The second-order valence-electron chi connectivity index (χ2n) is 5.57. The maximum atomic E-state index is 12.2. The first-order valence-corrected chi connectivity index (χ1v) is 7.16. The summed E-state index contributed by atoms with van der Waals surface area (Å²) in [4.78, 5) is 23.9. The smallest absolute Gasteiger partial charge is 0.328 e. The van der Waals surface area contributed by atoms with Gasteiger partial charge in [0.05, 0.1) is 13.2 Å². The number of carbonyl (C=O) groups is 2. The highest BCUT2D eigenvalue weighted by molar-refractivity contribution is 5.87. The van der Waals surface area contributed by atoms with Crippen molar-refractivity contribution < 1.29 is 14.3 Å². The standard InChI is InChI=1S/C14H26N2O3/c1-10(2)9-12(14(18)19-3)16-13(17)11-7-5-4-6-8-15-11/h10-12,15H,4-9H2,1-3H3,(H,16,17)/t11?,12-/m0/s1. The Hall–Kier alpha value is -1.10. The number of nitrogens with one attached hydrogen (secondary N) is 2. The summed E-state index contributed by atoms with van der Waals surface area (Å²) in [5.41, 5.74) is 0. The van der Waals surface area contributed by atoms with E-state index >= 15 is 0 Å². The highest BCUT2D eigenvalue weighted by Gasteiger charge is 2.26. The van der Waals surface area contributed by atoms with Gasteiger partial charge in [0, 0.05) is 0 Å². The lowest BCUT2D eigenvalue weighted by molar-refractivity contribution is -0.145. The normalized spacial score (nSPS) is 21.6. The number of methoxy groups -OCH3 is 1. The molecule has 0 saturated carbocycles. The van der Waals surface area contributed by atoms with Crippen LogP contribution in [0.15, 0.2) is 0 Å². The fourth-order valence-electron chi connectivity index (χ4n) is 2.35. The Bertz CT molecular complexity index is 297. The summed E-state index contributed by atoms with van der Waals surface area (Å²) in [6.07, 6.45) is 4.75. The van der Waals surface area contributed by atoms with Gasteiger partial charge < -0.3 is 15.4 Å². The molecular formula is C14H26N2O3. The zero-order valence-electron chi connectivity index (χ0n) is 12.2. The quantitative estimate of drug-likeness (QED) is 0.737. The van der Waals surface area contributed by atoms with Crippen LogP contribution < -0.4 is 10.6 Å². The van der Waals surface area contributed by atoms with Gasteiger partial charge in [-0.05, 0) is 31.7 Å². The number of esters is 1. The van der Waals surface area contributed by atoms with Crippen molar-refractivity contribution in [1.29, 1.82) is 0 Å². The Morgan fingerprint density at radius 3 is 2.68 bits per heavy atom. The summed E-state index contributed by atoms with van der Waals surface area (Å²) in [5, 5.41) is 6.05. The molecule has 0 radical (unpaired) electrons. The molecule has 5 nitrogen and oxygen atoms in total. The predicted octanol–water partition coefficient (Wildman–Crippen LogP) is 1.22. The topological polar surface area (TPSA) is 67.4 Å². The molecule has 1 unspecified atom stereocenters. The van der Waals surface area contributed by atoms with Crippen molar-refractivity contribution in [3.63, 3.8) is 0 Å². The van der Waals surface area contributed by atoms with Crippen molar-refractivity contribution >= 4 is 11.9 Å². The first kappa shape index (κ1) is 16.0. The fourth-order valence-corrected chi connectivity index (χ4v) is 2.35. The minimum Gasteiger partial charge on any atom is -0.467 e. The Morgan fingerprint density at radius 1 is 1.32 bits per heavy atom. The van der Waals surface area contributed by atoms with E-state index in [9.17, 15) is 9.59 Å². The third-order valence-corrected chi connectivity index (χ3v) is 3.39. The summed E-state index contributed by atoms with van der Waals surface area (Å²) in [5.74, 6) is -0.125. The van der Waals surface area contributed by atoms with Gasteiger partial charge in [0.25, 0.3) is 0 Å². The molecule has 0 aromatic carbocycles. The molecule has 110 valence electrons. The van der Waals surface area contributed by atoms with E-state index < -0.39 is 6.04 Å². The predicted molar refractivity (Wildman–Crippen MR) is 73.7 cm³/mol. The van der Waals surface area contributed by atoms with Crippen molar-refractivity contribution in [3.8, 4) is 0 Å². The summed E-state index contributed by atoms with van der Waals surface area (Å²) < 4.78 is 4.75. The molecule has 0 aliphatic carbocycles. The molecule has 1 rings (SSSR count). The Labute approximate surface area is 115 Å². The summed E-state index contributed by atoms with van der Waals surface area (Å²) in [6, 6.07) is -0.718. The van der Waals surface area contributed by atoms with E-state index in [2.05, 4.69) is 10.6 Å². The van der Waals surface area contributed by atoms with Gasteiger partial charge in [0.1, 0.15) is 6.04 Å². The molecule has 1 amide bonds. The van der Waals surface area contributed by atoms with Crippen LogP contribution in [-0.4, -0.2) is 37.6 Å². The lowest BCUT2D eigenvalue weighted by Crippen LogP contribution is -2.50. The zero-order valence-corrected chi connectivity index (χ0v) is 12.2. The molecular weight excluding hydrogens is 244 g/mol. The van der Waals surface area contributed by atoms with Crippen LogP contribution in [0.1, 0.15) is 46.0 Å². The molecule has 19 heavy (non-hydrogen) atoms. The van der Waals surface area contributed by atoms with Crippen LogP contribution in [0.3, 0.4) is 0 Å². The number of ether oxygens (including phenoxy) is 1. The number of hydrogen-bond acceptors (Lipinski definition) is 4. The van der Waals surface area contributed by atoms with E-state index in [4.69, 9.17) is 4.74 Å². The molecule has 0 aromatic heterocycles. The van der Waals surface area contributed by atoms with Crippen molar-refractivity contribution in [2.45, 2.75) is 58.0 Å². The van der Waals surface area contributed by atoms with E-state index in [1.165, 1.54) is 7.11 Å². The summed E-state index contributed by atoms with van der Waals surface area (Å²) in [6.45, 7) is 4.91. The Kier molecular flexibility index (Phi) is 6.84. The van der Waals surface area contributed by atoms with Gasteiger partial charge in [0.15, 0.2) is 0 Å². The van der Waals surface area contributed by atoms with Gasteiger partial charge in [-0.25, -0.2) is 4.79 Å². The van der Waals surface area contributed by atoms with Crippen LogP contribution in [0.4, 0.5) is 0 Å². The molecule has 0 aromatic rings. The van der Waals surface area contributed by atoms with Gasteiger partial charge in [0.2, 0.25) is 5.91 Å². The van der Waals surface area contributed by atoms with Crippen molar-refractivity contribution in [2.75, 3.05) is 13.7 Å². The van der Waals surface area contributed by atoms with Crippen LogP contribution in [0.25, 0.3) is 0 Å². The Balaban J connectivity index is 2.56. The first-order chi connectivity index (χ1) is 9.04. The van der Waals surface area contributed by atoms with Gasteiger partial charge in [-0.2, -0.15) is 0 Å². The first-order valence-electron chi connectivity index (χ1n) is 7.16. The minimum atomic E-state index is -0.539. The van der Waals surface area contributed by atoms with Crippen molar-refractivity contribution in [1.82, 2.24) is 10.6 Å². The van der Waals surface area contributed by atoms with Crippen LogP contribution in [0.5, 0.6) is 0 Å². The molecule has 5 heteroatoms. The van der Waals surface area contributed by atoms with Gasteiger partial charge in [-0.3, -0.25) is 4.79 Å². The largest absolute Gasteiger partial charge is 0.467 e. The molecule has 1 saturated heterocycles. The third-order valence-electron chi connectivity index (χ3n) is 3.39. The Morgan fingerprint density at radius 2 is 2.05 bits per heavy atom. The van der Waals surface area contributed by atoms with Gasteiger partial charge in [-0.1, -0.05) is 26.7 Å². The maximum absolute atomic E-state index is 12.2. The van der Waals surface area contributed by atoms with E-state index in [-0.39, 0.29) is 17.9 Å². The average Bonchev–Trinajstić information content (AvgIpc) is 2.65. The highest BCUT2D eigenvalue weighted by Crippen LogP contribution is 2.10. The average molecular weight is 270 g/mol. The van der Waals surface area contributed by atoms with Crippen LogP contribution in [0.2, 0.25) is 0 Å². The van der Waals surface area contributed by atoms with E-state index in [1.807, 2.05) is 13.8 Å². The zero-order chi connectivity index (χ0) is 14.3. The number of amides is 1. The van der Waals surface area contributed by atoms with Crippen LogP contribution >= 0.6 is 0 Å². The number of hydrogen-bond donors (Lipinski definition) is 2. The monoisotopic (exact) mass is 270 g/mol. The van der Waals surface area contributed by atoms with Crippen LogP contribution in [0, 0.1) is 5.92 Å². The lowest BCUT2D eigenvalue weighted by Gasteiger charge is -2.22. The third kappa shape index (κ3) is 5.59. The second kappa shape index (κ2) is 8.15. The van der Waals surface area contributed by atoms with Crippen molar-refractivity contribution in [3.05, 3.63) is 0 Å². The maximum Gasteiger partial charge on any atom is 0.328 e. The second-order valence-corrected chi connectivity index (χ2v) is 5.57. The lowest BCUT2D eigenvalue weighted by atomic mass is 10.0. The SMILES string of the molecule is COC(=O)[C@H](CC(C)C)NC(=O)C1CCCCCN1. The molecule has 1 fully saturated rings. The molecule has 0 spiro atoms. The van der Waals surface area contributed by atoms with E-state index in [0.717, 1.165) is 32.2 Å². The number of rotatable bonds is 5. The van der Waals surface area contributed by atoms with E-state index in [1.54, 1.807) is 0 Å². The fraction of sp³-hybridized carbons (Fsp3) is 0.857. The van der Waals surface area contributed by atoms with Crippen molar-refractivity contribution in [2.24, 2.45) is 5.92 Å². The number of carbonyl (C=O) groups excluding carboxylic acids is 2. The molecule has 1 heterocycles. The van der Waals surface area contributed by atoms with Gasteiger partial charge >= 0.3 is 5.97 Å². The minimum absolute atomic E-state index is 0.0852. The molecule has 1 aliphatic heterocycles. The molecule has 2 atom stereocenters.